The standard InChI is InChI=1S/C22H29NO/c1-17-8-5-6-13-21(17)22(15-23)19-11-7-12-20(14-19)24-16-18-9-3-2-4-10-18/h2-4,7,9-12,14,17,21-22H,5-6,8,13,15-16,23H2,1H3. The molecule has 2 N–H and O–H groups in total. The van der Waals surface area contributed by atoms with Crippen molar-refractivity contribution >= 4 is 0 Å². The summed E-state index contributed by atoms with van der Waals surface area (Å²) in [6.07, 6.45) is 5.36. The van der Waals surface area contributed by atoms with Gasteiger partial charge in [-0.2, -0.15) is 0 Å². The first-order chi connectivity index (χ1) is 11.8. The van der Waals surface area contributed by atoms with E-state index in [-0.39, 0.29) is 0 Å². The molecule has 0 saturated heterocycles. The summed E-state index contributed by atoms with van der Waals surface area (Å²) in [6.45, 7) is 3.72. The highest BCUT2D eigenvalue weighted by atomic mass is 16.5. The molecular formula is C22H29NO. The Morgan fingerprint density at radius 2 is 1.83 bits per heavy atom. The van der Waals surface area contributed by atoms with Gasteiger partial charge in [0.1, 0.15) is 12.4 Å². The van der Waals surface area contributed by atoms with Gasteiger partial charge in [0.15, 0.2) is 0 Å². The second-order valence-electron chi connectivity index (χ2n) is 7.11. The minimum absolute atomic E-state index is 0.445. The molecule has 0 aliphatic heterocycles. The molecule has 1 aliphatic carbocycles. The molecule has 3 atom stereocenters. The van der Waals surface area contributed by atoms with Crippen LogP contribution in [-0.4, -0.2) is 6.54 Å². The number of ether oxygens (including phenoxy) is 1. The molecule has 0 amide bonds. The van der Waals surface area contributed by atoms with E-state index in [4.69, 9.17) is 10.5 Å². The molecule has 1 aliphatic rings. The maximum atomic E-state index is 6.17. The molecular weight excluding hydrogens is 294 g/mol. The van der Waals surface area contributed by atoms with Gasteiger partial charge in [0, 0.05) is 0 Å². The van der Waals surface area contributed by atoms with Crippen molar-refractivity contribution in [2.75, 3.05) is 6.54 Å². The number of nitrogens with two attached hydrogens (primary N) is 1. The van der Waals surface area contributed by atoms with Gasteiger partial charge in [-0.15, -0.1) is 0 Å². The summed E-state index contributed by atoms with van der Waals surface area (Å²) in [6, 6.07) is 18.9. The topological polar surface area (TPSA) is 35.2 Å². The van der Waals surface area contributed by atoms with Crippen molar-refractivity contribution in [1.29, 1.82) is 0 Å². The molecule has 128 valence electrons. The normalized spacial score (nSPS) is 22.1. The van der Waals surface area contributed by atoms with Crippen molar-refractivity contribution in [2.24, 2.45) is 17.6 Å². The van der Waals surface area contributed by atoms with Crippen molar-refractivity contribution in [3.05, 3.63) is 65.7 Å². The van der Waals surface area contributed by atoms with E-state index in [1.54, 1.807) is 0 Å². The van der Waals surface area contributed by atoms with E-state index in [2.05, 4.69) is 37.3 Å². The van der Waals surface area contributed by atoms with Crippen LogP contribution in [0.1, 0.15) is 49.7 Å². The van der Waals surface area contributed by atoms with E-state index < -0.39 is 0 Å². The van der Waals surface area contributed by atoms with Gasteiger partial charge >= 0.3 is 0 Å². The average Bonchev–Trinajstić information content (AvgIpc) is 2.63. The summed E-state index contributed by atoms with van der Waals surface area (Å²) < 4.78 is 6.00. The average molecular weight is 323 g/mol. The van der Waals surface area contributed by atoms with E-state index in [1.165, 1.54) is 36.8 Å². The number of rotatable bonds is 6. The van der Waals surface area contributed by atoms with Crippen LogP contribution in [0.4, 0.5) is 0 Å². The van der Waals surface area contributed by atoms with Crippen molar-refractivity contribution < 1.29 is 4.74 Å². The molecule has 3 unspecified atom stereocenters. The fourth-order valence-electron chi connectivity index (χ4n) is 4.08. The van der Waals surface area contributed by atoms with E-state index in [9.17, 15) is 0 Å². The summed E-state index contributed by atoms with van der Waals surface area (Å²) in [5.74, 6) is 2.85. The Morgan fingerprint density at radius 1 is 1.04 bits per heavy atom. The third kappa shape index (κ3) is 4.18. The summed E-state index contributed by atoms with van der Waals surface area (Å²) in [7, 11) is 0. The molecule has 0 radical (unpaired) electrons. The lowest BCUT2D eigenvalue weighted by molar-refractivity contribution is 0.218. The highest BCUT2D eigenvalue weighted by molar-refractivity contribution is 5.32. The maximum Gasteiger partial charge on any atom is 0.120 e. The van der Waals surface area contributed by atoms with Crippen LogP contribution in [-0.2, 0) is 6.61 Å². The lowest BCUT2D eigenvalue weighted by Gasteiger charge is -2.35. The maximum absolute atomic E-state index is 6.17. The Morgan fingerprint density at radius 3 is 2.58 bits per heavy atom. The van der Waals surface area contributed by atoms with E-state index >= 15 is 0 Å². The number of benzene rings is 2. The number of hydrogen-bond acceptors (Lipinski definition) is 2. The highest BCUT2D eigenvalue weighted by Gasteiger charge is 2.29. The molecule has 0 aromatic heterocycles. The molecule has 2 nitrogen and oxygen atoms in total. The van der Waals surface area contributed by atoms with Gasteiger partial charge in [0.2, 0.25) is 0 Å². The van der Waals surface area contributed by atoms with Crippen LogP contribution in [0.15, 0.2) is 54.6 Å². The Balaban J connectivity index is 1.71. The van der Waals surface area contributed by atoms with Gasteiger partial charge in [-0.05, 0) is 54.0 Å². The van der Waals surface area contributed by atoms with E-state index in [0.717, 1.165) is 18.2 Å². The van der Waals surface area contributed by atoms with Crippen LogP contribution in [0.25, 0.3) is 0 Å². The predicted octanol–water partition coefficient (Wildman–Crippen LogP) is 5.13. The first kappa shape index (κ1) is 17.0. The van der Waals surface area contributed by atoms with Crippen LogP contribution >= 0.6 is 0 Å². The van der Waals surface area contributed by atoms with Crippen LogP contribution in [0.3, 0.4) is 0 Å². The highest BCUT2D eigenvalue weighted by Crippen LogP contribution is 2.40. The summed E-state index contributed by atoms with van der Waals surface area (Å²) in [5, 5.41) is 0. The fraction of sp³-hybridized carbons (Fsp3) is 0.455. The summed E-state index contributed by atoms with van der Waals surface area (Å²) >= 11 is 0. The third-order valence-electron chi connectivity index (χ3n) is 5.48. The van der Waals surface area contributed by atoms with Gasteiger partial charge < -0.3 is 10.5 Å². The second-order valence-corrected chi connectivity index (χ2v) is 7.11. The lowest BCUT2D eigenvalue weighted by atomic mass is 9.71. The van der Waals surface area contributed by atoms with Gasteiger partial charge in [-0.25, -0.2) is 0 Å². The first-order valence-electron chi connectivity index (χ1n) is 9.24. The SMILES string of the molecule is CC1CCCCC1C(CN)c1cccc(OCc2ccccc2)c1. The Hall–Kier alpha value is -1.80. The monoisotopic (exact) mass is 323 g/mol. The minimum atomic E-state index is 0.445. The lowest BCUT2D eigenvalue weighted by Crippen LogP contribution is -2.28. The van der Waals surface area contributed by atoms with Crippen molar-refractivity contribution in [3.63, 3.8) is 0 Å². The molecule has 1 saturated carbocycles. The zero-order valence-corrected chi connectivity index (χ0v) is 14.7. The molecule has 0 bridgehead atoms. The van der Waals surface area contributed by atoms with E-state index in [1.807, 2.05) is 24.3 Å². The number of hydrogen-bond donors (Lipinski definition) is 1. The van der Waals surface area contributed by atoms with Gasteiger partial charge in [0.25, 0.3) is 0 Å². The molecule has 0 heterocycles. The Kier molecular flexibility index (Phi) is 5.92. The van der Waals surface area contributed by atoms with Gasteiger partial charge in [-0.3, -0.25) is 0 Å². The molecule has 2 aromatic carbocycles. The van der Waals surface area contributed by atoms with Crippen LogP contribution in [0.5, 0.6) is 5.75 Å². The van der Waals surface area contributed by atoms with Crippen LogP contribution in [0.2, 0.25) is 0 Å². The van der Waals surface area contributed by atoms with Gasteiger partial charge in [-0.1, -0.05) is 68.7 Å². The fourth-order valence-corrected chi connectivity index (χ4v) is 4.08. The largest absolute Gasteiger partial charge is 0.489 e. The Bertz CT molecular complexity index is 625. The zero-order valence-electron chi connectivity index (χ0n) is 14.7. The summed E-state index contributed by atoms with van der Waals surface area (Å²) in [5.41, 5.74) is 8.70. The minimum Gasteiger partial charge on any atom is -0.489 e. The smallest absolute Gasteiger partial charge is 0.120 e. The summed E-state index contributed by atoms with van der Waals surface area (Å²) in [4.78, 5) is 0. The quantitative estimate of drug-likeness (QED) is 0.799. The van der Waals surface area contributed by atoms with Crippen molar-refractivity contribution in [1.82, 2.24) is 0 Å². The first-order valence-corrected chi connectivity index (χ1v) is 9.24. The molecule has 2 aromatic rings. The molecule has 1 fully saturated rings. The molecule has 2 heteroatoms. The van der Waals surface area contributed by atoms with Crippen LogP contribution < -0.4 is 10.5 Å². The van der Waals surface area contributed by atoms with Crippen molar-refractivity contribution in [2.45, 2.75) is 45.1 Å². The zero-order chi connectivity index (χ0) is 16.8. The predicted molar refractivity (Wildman–Crippen MR) is 100 cm³/mol. The second kappa shape index (κ2) is 8.34. The van der Waals surface area contributed by atoms with Crippen LogP contribution in [0, 0.1) is 11.8 Å². The molecule has 24 heavy (non-hydrogen) atoms. The Labute approximate surface area is 146 Å². The third-order valence-corrected chi connectivity index (χ3v) is 5.48. The van der Waals surface area contributed by atoms with Crippen molar-refractivity contribution in [3.8, 4) is 5.75 Å². The molecule has 0 spiro atoms. The van der Waals surface area contributed by atoms with E-state index in [0.29, 0.717) is 18.4 Å². The molecule has 3 rings (SSSR count). The van der Waals surface area contributed by atoms with Gasteiger partial charge in [0.05, 0.1) is 0 Å².